The van der Waals surface area contributed by atoms with Crippen molar-refractivity contribution in [2.75, 3.05) is 18.5 Å². The molecule has 184 valence electrons. The van der Waals surface area contributed by atoms with Gasteiger partial charge in [-0.1, -0.05) is 18.1 Å². The van der Waals surface area contributed by atoms with E-state index in [1.807, 2.05) is 42.3 Å². The lowest BCUT2D eigenvalue weighted by Crippen LogP contribution is -2.16. The van der Waals surface area contributed by atoms with Crippen molar-refractivity contribution in [1.29, 1.82) is 0 Å². The molecular weight excluding hydrogens is 452 g/mol. The zero-order valence-electron chi connectivity index (χ0n) is 19.4. The Bertz CT molecular complexity index is 1240. The monoisotopic (exact) mass is 480 g/mol. The molecule has 4 N–H and O–H groups in total. The maximum atomic E-state index is 8.78. The standard InChI is InChI=1S/C21H25N9O.CH3NO2/c1-2-31-10-9-29-14-16(12-24-29)15-7-8-19(22-11-15)30-20-18(27-28-30)13-23-21(26-20)25-17-5-3-4-6-17;2-1(3)4/h7-8,11-14,17H,2-6,9-10H2,1H3,(H,23,25,26);2H2,(H,3,4). The highest BCUT2D eigenvalue weighted by Crippen LogP contribution is 2.22. The maximum Gasteiger partial charge on any atom is 0.402 e. The maximum absolute atomic E-state index is 8.78. The second kappa shape index (κ2) is 11.3. The summed E-state index contributed by atoms with van der Waals surface area (Å²) in [6.45, 7) is 4.06. The molecular formula is C22H28N10O3. The van der Waals surface area contributed by atoms with Crippen LogP contribution in [0.1, 0.15) is 32.6 Å². The number of rotatable bonds is 8. The van der Waals surface area contributed by atoms with Gasteiger partial charge in [-0.15, -0.1) is 5.10 Å². The number of hydrogen-bond donors (Lipinski definition) is 3. The lowest BCUT2D eigenvalue weighted by molar-refractivity contribution is 0.136. The molecule has 0 unspecified atom stereocenters. The van der Waals surface area contributed by atoms with Crippen molar-refractivity contribution < 1.29 is 14.6 Å². The van der Waals surface area contributed by atoms with Gasteiger partial charge in [0.25, 0.3) is 0 Å². The van der Waals surface area contributed by atoms with E-state index in [1.165, 1.54) is 12.8 Å². The van der Waals surface area contributed by atoms with Gasteiger partial charge in [-0.3, -0.25) is 4.68 Å². The van der Waals surface area contributed by atoms with E-state index < -0.39 is 6.09 Å². The van der Waals surface area contributed by atoms with Crippen molar-refractivity contribution in [2.45, 2.75) is 45.2 Å². The van der Waals surface area contributed by atoms with E-state index in [2.05, 4.69) is 41.4 Å². The number of carbonyl (C=O) groups is 1. The molecule has 35 heavy (non-hydrogen) atoms. The molecule has 0 aliphatic heterocycles. The SMILES string of the molecule is CCOCCn1cc(-c2ccc(-n3nnc4cnc(NC5CCCC5)nc43)nc2)cn1.NC(=O)O. The average molecular weight is 481 g/mol. The van der Waals surface area contributed by atoms with Gasteiger partial charge in [0.1, 0.15) is 0 Å². The molecule has 1 amide bonds. The second-order valence-corrected chi connectivity index (χ2v) is 7.96. The largest absolute Gasteiger partial charge is 0.465 e. The molecule has 4 aromatic heterocycles. The van der Waals surface area contributed by atoms with Crippen LogP contribution in [-0.4, -0.2) is 70.2 Å². The van der Waals surface area contributed by atoms with Gasteiger partial charge in [0, 0.05) is 36.2 Å². The van der Waals surface area contributed by atoms with Crippen LogP contribution in [0.4, 0.5) is 10.7 Å². The van der Waals surface area contributed by atoms with Crippen molar-refractivity contribution in [3.8, 4) is 16.9 Å². The fourth-order valence-corrected chi connectivity index (χ4v) is 3.82. The average Bonchev–Trinajstić information content (AvgIpc) is 3.60. The third-order valence-electron chi connectivity index (χ3n) is 5.48. The number of carboxylic acid groups (broad SMARTS) is 1. The first-order valence-electron chi connectivity index (χ1n) is 11.4. The number of primary amides is 1. The van der Waals surface area contributed by atoms with E-state index in [4.69, 9.17) is 14.6 Å². The topological polar surface area (TPSA) is 172 Å². The van der Waals surface area contributed by atoms with Gasteiger partial charge in [0.15, 0.2) is 17.0 Å². The number of amides is 1. The van der Waals surface area contributed by atoms with Gasteiger partial charge in [0.05, 0.1) is 25.5 Å². The zero-order chi connectivity index (χ0) is 24.6. The molecule has 4 heterocycles. The minimum absolute atomic E-state index is 0.439. The molecule has 4 aromatic rings. The van der Waals surface area contributed by atoms with E-state index in [9.17, 15) is 0 Å². The molecule has 1 aliphatic rings. The Morgan fingerprint density at radius 1 is 1.20 bits per heavy atom. The summed E-state index contributed by atoms with van der Waals surface area (Å²) in [5.74, 6) is 1.26. The highest BCUT2D eigenvalue weighted by atomic mass is 16.5. The highest BCUT2D eigenvalue weighted by Gasteiger charge is 2.17. The van der Waals surface area contributed by atoms with Crippen molar-refractivity contribution in [3.05, 3.63) is 36.9 Å². The van der Waals surface area contributed by atoms with Crippen LogP contribution in [0.15, 0.2) is 36.9 Å². The van der Waals surface area contributed by atoms with E-state index in [1.54, 1.807) is 10.9 Å². The van der Waals surface area contributed by atoms with Gasteiger partial charge in [-0.2, -0.15) is 14.8 Å². The van der Waals surface area contributed by atoms with Gasteiger partial charge in [-0.05, 0) is 31.9 Å². The molecule has 0 atom stereocenters. The minimum Gasteiger partial charge on any atom is -0.465 e. The van der Waals surface area contributed by atoms with Crippen LogP contribution in [0.5, 0.6) is 0 Å². The molecule has 0 aromatic carbocycles. The number of ether oxygens (including phenoxy) is 1. The fraction of sp³-hybridized carbons (Fsp3) is 0.409. The molecule has 0 spiro atoms. The third-order valence-corrected chi connectivity index (χ3v) is 5.48. The van der Waals surface area contributed by atoms with Crippen LogP contribution in [0, 0.1) is 0 Å². The van der Waals surface area contributed by atoms with E-state index in [-0.39, 0.29) is 0 Å². The summed E-state index contributed by atoms with van der Waals surface area (Å²) in [5, 5.41) is 23.4. The van der Waals surface area contributed by atoms with Crippen molar-refractivity contribution in [3.63, 3.8) is 0 Å². The lowest BCUT2D eigenvalue weighted by atomic mass is 10.2. The first-order valence-corrected chi connectivity index (χ1v) is 11.4. The third kappa shape index (κ3) is 6.26. The number of hydrogen-bond acceptors (Lipinski definition) is 9. The smallest absolute Gasteiger partial charge is 0.402 e. The second-order valence-electron chi connectivity index (χ2n) is 7.96. The van der Waals surface area contributed by atoms with Crippen LogP contribution < -0.4 is 11.1 Å². The summed E-state index contributed by atoms with van der Waals surface area (Å²) < 4.78 is 8.91. The molecule has 0 saturated heterocycles. The summed E-state index contributed by atoms with van der Waals surface area (Å²) in [5.41, 5.74) is 7.29. The summed E-state index contributed by atoms with van der Waals surface area (Å²) in [7, 11) is 0. The fourth-order valence-electron chi connectivity index (χ4n) is 3.82. The highest BCUT2D eigenvalue weighted by molar-refractivity contribution is 5.72. The molecule has 13 nitrogen and oxygen atoms in total. The summed E-state index contributed by atoms with van der Waals surface area (Å²) in [4.78, 5) is 22.4. The number of pyridine rings is 1. The number of nitrogens with one attached hydrogen (secondary N) is 1. The Balaban J connectivity index is 0.000000672. The van der Waals surface area contributed by atoms with Gasteiger partial charge in [-0.25, -0.2) is 14.8 Å². The Morgan fingerprint density at radius 3 is 2.71 bits per heavy atom. The van der Waals surface area contributed by atoms with Crippen molar-refractivity contribution in [1.82, 2.24) is 39.7 Å². The Hall–Kier alpha value is -4.13. The predicted molar refractivity (Wildman–Crippen MR) is 128 cm³/mol. The summed E-state index contributed by atoms with van der Waals surface area (Å²) in [6.07, 6.45) is 10.8. The molecule has 13 heteroatoms. The van der Waals surface area contributed by atoms with Crippen molar-refractivity contribution >= 4 is 23.2 Å². The Labute approximate surface area is 201 Å². The summed E-state index contributed by atoms with van der Waals surface area (Å²) in [6, 6.07) is 4.35. The number of anilines is 1. The molecule has 0 bridgehead atoms. The van der Waals surface area contributed by atoms with Gasteiger partial charge in [0.2, 0.25) is 5.95 Å². The van der Waals surface area contributed by atoms with E-state index >= 15 is 0 Å². The number of aromatic nitrogens is 8. The quantitative estimate of drug-likeness (QED) is 0.318. The predicted octanol–water partition coefficient (Wildman–Crippen LogP) is 2.48. The molecule has 1 saturated carbocycles. The van der Waals surface area contributed by atoms with Crippen molar-refractivity contribution in [2.24, 2.45) is 5.73 Å². The first kappa shape index (κ1) is 24.0. The minimum atomic E-state index is -1.33. The van der Waals surface area contributed by atoms with Crippen LogP contribution >= 0.6 is 0 Å². The van der Waals surface area contributed by atoms with Crippen LogP contribution in [-0.2, 0) is 11.3 Å². The van der Waals surface area contributed by atoms with Crippen LogP contribution in [0.2, 0.25) is 0 Å². The van der Waals surface area contributed by atoms with Crippen LogP contribution in [0.25, 0.3) is 28.1 Å². The number of fused-ring (bicyclic) bond motifs is 1. The Kier molecular flexibility index (Phi) is 7.77. The van der Waals surface area contributed by atoms with Gasteiger partial charge < -0.3 is 20.9 Å². The Morgan fingerprint density at radius 2 is 2.00 bits per heavy atom. The van der Waals surface area contributed by atoms with Gasteiger partial charge >= 0.3 is 6.09 Å². The van der Waals surface area contributed by atoms with E-state index in [0.29, 0.717) is 42.2 Å². The van der Waals surface area contributed by atoms with Crippen LogP contribution in [0.3, 0.4) is 0 Å². The molecule has 5 rings (SSSR count). The summed E-state index contributed by atoms with van der Waals surface area (Å²) >= 11 is 0. The number of nitrogens with zero attached hydrogens (tertiary/aromatic N) is 8. The normalized spacial score (nSPS) is 13.5. The molecule has 0 radical (unpaired) electrons. The molecule has 1 aliphatic carbocycles. The number of nitrogens with two attached hydrogens (primary N) is 1. The zero-order valence-corrected chi connectivity index (χ0v) is 19.4. The van der Waals surface area contributed by atoms with E-state index in [0.717, 1.165) is 30.5 Å². The lowest BCUT2D eigenvalue weighted by Gasteiger charge is -2.11. The first-order chi connectivity index (χ1) is 17.0. The molecule has 1 fully saturated rings.